The Hall–Kier alpha value is -1.68. The fourth-order valence-corrected chi connectivity index (χ4v) is 2.06. The standard InChI is InChI=1S/C13H15NO3/c15-6-5-13(17)14-8-11-4-2-1-3-10(11)7-12(16)9-14/h1-4,15H,5-9H2. The van der Waals surface area contributed by atoms with Crippen LogP contribution >= 0.6 is 0 Å². The molecular weight excluding hydrogens is 218 g/mol. The van der Waals surface area contributed by atoms with E-state index in [-0.39, 0.29) is 31.3 Å². The quantitative estimate of drug-likeness (QED) is 0.810. The first-order valence-corrected chi connectivity index (χ1v) is 5.68. The number of benzene rings is 1. The summed E-state index contributed by atoms with van der Waals surface area (Å²) in [5, 5.41) is 8.77. The van der Waals surface area contributed by atoms with Gasteiger partial charge in [-0.25, -0.2) is 0 Å². The first-order valence-electron chi connectivity index (χ1n) is 5.68. The van der Waals surface area contributed by atoms with E-state index in [1.807, 2.05) is 24.3 Å². The Morgan fingerprint density at radius 2 is 1.94 bits per heavy atom. The molecule has 4 nitrogen and oxygen atoms in total. The molecule has 1 N–H and O–H groups in total. The molecule has 0 fully saturated rings. The average Bonchev–Trinajstić information content (AvgIpc) is 2.47. The lowest BCUT2D eigenvalue weighted by atomic mass is 10.0. The number of ketones is 1. The lowest BCUT2D eigenvalue weighted by Crippen LogP contribution is -2.34. The van der Waals surface area contributed by atoms with Crippen LogP contribution in [0.5, 0.6) is 0 Å². The zero-order chi connectivity index (χ0) is 12.3. The molecule has 4 heteroatoms. The number of amides is 1. The number of hydrogen-bond donors (Lipinski definition) is 1. The van der Waals surface area contributed by atoms with Gasteiger partial charge in [-0.15, -0.1) is 0 Å². The summed E-state index contributed by atoms with van der Waals surface area (Å²) in [4.78, 5) is 24.9. The molecule has 0 radical (unpaired) electrons. The molecule has 1 aliphatic rings. The molecule has 0 atom stereocenters. The molecule has 0 aliphatic carbocycles. The second-order valence-electron chi connectivity index (χ2n) is 4.21. The van der Waals surface area contributed by atoms with Crippen LogP contribution in [-0.4, -0.2) is 34.8 Å². The van der Waals surface area contributed by atoms with Crippen LogP contribution in [0.3, 0.4) is 0 Å². The number of hydrogen-bond acceptors (Lipinski definition) is 3. The summed E-state index contributed by atoms with van der Waals surface area (Å²) in [6.45, 7) is 0.430. The van der Waals surface area contributed by atoms with E-state index in [0.29, 0.717) is 13.0 Å². The molecule has 1 amide bonds. The Labute approximate surface area is 99.9 Å². The largest absolute Gasteiger partial charge is 0.396 e. The van der Waals surface area contributed by atoms with Crippen LogP contribution in [0.4, 0.5) is 0 Å². The third-order valence-corrected chi connectivity index (χ3v) is 2.91. The highest BCUT2D eigenvalue weighted by Crippen LogP contribution is 2.17. The van der Waals surface area contributed by atoms with Crippen LogP contribution < -0.4 is 0 Å². The summed E-state index contributed by atoms with van der Waals surface area (Å²) in [6.07, 6.45) is 0.467. The number of fused-ring (bicyclic) bond motifs is 1. The first kappa shape index (κ1) is 11.8. The van der Waals surface area contributed by atoms with Crippen LogP contribution in [0.15, 0.2) is 24.3 Å². The van der Waals surface area contributed by atoms with Gasteiger partial charge in [0.15, 0.2) is 5.78 Å². The Morgan fingerprint density at radius 3 is 2.65 bits per heavy atom. The first-order chi connectivity index (χ1) is 8.20. The summed E-state index contributed by atoms with van der Waals surface area (Å²) in [7, 11) is 0. The van der Waals surface area contributed by atoms with E-state index in [9.17, 15) is 9.59 Å². The molecule has 1 aliphatic heterocycles. The van der Waals surface area contributed by atoms with Crippen molar-refractivity contribution in [1.82, 2.24) is 4.90 Å². The van der Waals surface area contributed by atoms with Gasteiger partial charge in [0.25, 0.3) is 0 Å². The Bertz CT molecular complexity index is 442. The minimum absolute atomic E-state index is 0.0428. The maximum Gasteiger partial charge on any atom is 0.225 e. The molecular formula is C13H15NO3. The van der Waals surface area contributed by atoms with Gasteiger partial charge in [-0.05, 0) is 11.1 Å². The maximum atomic E-state index is 11.7. The molecule has 0 spiro atoms. The summed E-state index contributed by atoms with van der Waals surface area (Å²) in [5.74, 6) is -0.126. The minimum Gasteiger partial charge on any atom is -0.396 e. The van der Waals surface area contributed by atoms with E-state index in [1.54, 1.807) is 0 Å². The van der Waals surface area contributed by atoms with Crippen molar-refractivity contribution in [2.24, 2.45) is 0 Å². The van der Waals surface area contributed by atoms with Crippen molar-refractivity contribution in [3.63, 3.8) is 0 Å². The highest BCUT2D eigenvalue weighted by Gasteiger charge is 2.22. The van der Waals surface area contributed by atoms with E-state index in [0.717, 1.165) is 11.1 Å². The number of carbonyl (C=O) groups excluding carboxylic acids is 2. The number of aliphatic hydroxyl groups is 1. The van der Waals surface area contributed by atoms with Crippen molar-refractivity contribution in [1.29, 1.82) is 0 Å². The number of nitrogens with zero attached hydrogens (tertiary/aromatic N) is 1. The number of aliphatic hydroxyl groups excluding tert-OH is 1. The van der Waals surface area contributed by atoms with Gasteiger partial charge in [-0.1, -0.05) is 24.3 Å². The molecule has 0 unspecified atom stereocenters. The summed E-state index contributed by atoms with van der Waals surface area (Å²) in [5.41, 5.74) is 2.02. The topological polar surface area (TPSA) is 57.6 Å². The molecule has 0 saturated carbocycles. The van der Waals surface area contributed by atoms with Gasteiger partial charge in [0, 0.05) is 19.4 Å². The summed E-state index contributed by atoms with van der Waals surface area (Å²) in [6, 6.07) is 7.67. The van der Waals surface area contributed by atoms with Crippen LogP contribution in [-0.2, 0) is 22.6 Å². The number of carbonyl (C=O) groups is 2. The Morgan fingerprint density at radius 1 is 1.24 bits per heavy atom. The zero-order valence-corrected chi connectivity index (χ0v) is 9.56. The van der Waals surface area contributed by atoms with Gasteiger partial charge in [-0.3, -0.25) is 9.59 Å². The van der Waals surface area contributed by atoms with Gasteiger partial charge in [0.2, 0.25) is 5.91 Å². The van der Waals surface area contributed by atoms with Crippen LogP contribution in [0.1, 0.15) is 17.5 Å². The molecule has 1 aromatic carbocycles. The van der Waals surface area contributed by atoms with Gasteiger partial charge >= 0.3 is 0 Å². The smallest absolute Gasteiger partial charge is 0.225 e. The van der Waals surface area contributed by atoms with E-state index in [2.05, 4.69) is 0 Å². The Kier molecular flexibility index (Phi) is 3.54. The molecule has 2 rings (SSSR count). The van der Waals surface area contributed by atoms with Crippen molar-refractivity contribution < 1.29 is 14.7 Å². The molecule has 1 aromatic rings. The Balaban J connectivity index is 2.23. The van der Waals surface area contributed by atoms with Crippen molar-refractivity contribution in [2.45, 2.75) is 19.4 Å². The number of rotatable bonds is 2. The predicted molar refractivity (Wildman–Crippen MR) is 62.3 cm³/mol. The van der Waals surface area contributed by atoms with Gasteiger partial charge in [0.1, 0.15) is 0 Å². The summed E-state index contributed by atoms with van der Waals surface area (Å²) < 4.78 is 0. The molecule has 0 saturated heterocycles. The lowest BCUT2D eigenvalue weighted by molar-refractivity contribution is -0.136. The average molecular weight is 233 g/mol. The second-order valence-corrected chi connectivity index (χ2v) is 4.21. The molecule has 17 heavy (non-hydrogen) atoms. The normalized spacial score (nSPS) is 15.4. The van der Waals surface area contributed by atoms with Gasteiger partial charge in [0.05, 0.1) is 13.2 Å². The summed E-state index contributed by atoms with van der Waals surface area (Å²) >= 11 is 0. The fourth-order valence-electron chi connectivity index (χ4n) is 2.06. The van der Waals surface area contributed by atoms with Crippen molar-refractivity contribution in [3.05, 3.63) is 35.4 Å². The maximum absolute atomic E-state index is 11.7. The monoisotopic (exact) mass is 233 g/mol. The van der Waals surface area contributed by atoms with Crippen molar-refractivity contribution >= 4 is 11.7 Å². The van der Waals surface area contributed by atoms with E-state index in [4.69, 9.17) is 5.11 Å². The molecule has 90 valence electrons. The van der Waals surface area contributed by atoms with Crippen molar-refractivity contribution in [2.75, 3.05) is 13.2 Å². The second kappa shape index (κ2) is 5.10. The van der Waals surface area contributed by atoms with Gasteiger partial charge in [-0.2, -0.15) is 0 Å². The minimum atomic E-state index is -0.175. The van der Waals surface area contributed by atoms with Crippen molar-refractivity contribution in [3.8, 4) is 0 Å². The van der Waals surface area contributed by atoms with Crippen LogP contribution in [0, 0.1) is 0 Å². The fraction of sp³-hybridized carbons (Fsp3) is 0.385. The van der Waals surface area contributed by atoms with Gasteiger partial charge < -0.3 is 10.0 Å². The molecule has 0 aromatic heterocycles. The zero-order valence-electron chi connectivity index (χ0n) is 9.56. The van der Waals surface area contributed by atoms with Crippen LogP contribution in [0.25, 0.3) is 0 Å². The number of Topliss-reactive ketones (excluding diaryl/α,β-unsaturated/α-hetero) is 1. The van der Waals surface area contributed by atoms with E-state index >= 15 is 0 Å². The third kappa shape index (κ3) is 2.71. The van der Waals surface area contributed by atoms with E-state index in [1.165, 1.54) is 4.90 Å². The van der Waals surface area contributed by atoms with Crippen LogP contribution in [0.2, 0.25) is 0 Å². The highest BCUT2D eigenvalue weighted by atomic mass is 16.3. The predicted octanol–water partition coefficient (Wildman–Crippen LogP) is 0.523. The lowest BCUT2D eigenvalue weighted by Gasteiger charge is -2.19. The molecule has 0 bridgehead atoms. The van der Waals surface area contributed by atoms with E-state index < -0.39 is 0 Å². The third-order valence-electron chi connectivity index (χ3n) is 2.91. The highest BCUT2D eigenvalue weighted by molar-refractivity contribution is 5.88. The SMILES string of the molecule is O=C1Cc2ccccc2CN(C(=O)CCO)C1. The molecule has 1 heterocycles.